The fourth-order valence-electron chi connectivity index (χ4n) is 3.21. The summed E-state index contributed by atoms with van der Waals surface area (Å²) in [4.78, 5) is 17.2. The highest BCUT2D eigenvalue weighted by molar-refractivity contribution is 6.30. The molecule has 2 aromatic carbocycles. The molecule has 0 bridgehead atoms. The highest BCUT2D eigenvalue weighted by Gasteiger charge is 2.25. The Hall–Kier alpha value is -2.14. The van der Waals surface area contributed by atoms with Crippen molar-refractivity contribution in [1.29, 1.82) is 0 Å². The van der Waals surface area contributed by atoms with Crippen LogP contribution in [0.3, 0.4) is 0 Å². The molecule has 1 N–H and O–H groups in total. The topological polar surface area (TPSA) is 35.6 Å². The molecule has 0 aromatic heterocycles. The van der Waals surface area contributed by atoms with Crippen molar-refractivity contribution in [2.75, 3.05) is 38.0 Å². The fourth-order valence-corrected chi connectivity index (χ4v) is 3.40. The molecule has 3 rings (SSSR count). The molecule has 1 heterocycles. The molecule has 0 unspecified atom stereocenters. The van der Waals surface area contributed by atoms with Gasteiger partial charge in [0.05, 0.1) is 6.04 Å². The van der Waals surface area contributed by atoms with Crippen molar-refractivity contribution in [2.24, 2.45) is 0 Å². The van der Waals surface area contributed by atoms with Gasteiger partial charge in [-0.3, -0.25) is 14.6 Å². The van der Waals surface area contributed by atoms with Gasteiger partial charge in [-0.1, -0.05) is 60.2 Å². The summed E-state index contributed by atoms with van der Waals surface area (Å²) in [7, 11) is 0. The highest BCUT2D eigenvalue weighted by Crippen LogP contribution is 2.16. The lowest BCUT2D eigenvalue weighted by Crippen LogP contribution is -2.52. The van der Waals surface area contributed by atoms with Gasteiger partial charge < -0.3 is 5.32 Å². The van der Waals surface area contributed by atoms with Gasteiger partial charge in [0, 0.05) is 43.4 Å². The number of benzene rings is 2. The van der Waals surface area contributed by atoms with E-state index in [9.17, 15) is 4.79 Å². The normalized spacial score (nSPS) is 17.1. The molecule has 4 nitrogen and oxygen atoms in total. The molecule has 1 saturated heterocycles. The molecule has 2 aromatic rings. The maximum atomic E-state index is 12.5. The number of nitrogens with zero attached hydrogens (tertiary/aromatic N) is 2. The van der Waals surface area contributed by atoms with Crippen LogP contribution in [0.1, 0.15) is 12.5 Å². The molecule has 0 saturated carbocycles. The summed E-state index contributed by atoms with van der Waals surface area (Å²) in [6, 6.07) is 17.4. The summed E-state index contributed by atoms with van der Waals surface area (Å²) >= 11 is 5.98. The van der Waals surface area contributed by atoms with Crippen LogP contribution < -0.4 is 5.32 Å². The number of hydrogen-bond donors (Lipinski definition) is 1. The van der Waals surface area contributed by atoms with E-state index in [1.165, 1.54) is 5.56 Å². The predicted molar refractivity (Wildman–Crippen MR) is 113 cm³/mol. The van der Waals surface area contributed by atoms with Crippen molar-refractivity contribution in [3.8, 4) is 0 Å². The Balaban J connectivity index is 1.44. The minimum absolute atomic E-state index is 0.00897. The van der Waals surface area contributed by atoms with Crippen molar-refractivity contribution >= 4 is 29.3 Å². The lowest BCUT2D eigenvalue weighted by atomic mass is 10.2. The number of piperazine rings is 1. The van der Waals surface area contributed by atoms with Crippen LogP contribution in [-0.2, 0) is 4.79 Å². The number of rotatable bonds is 6. The summed E-state index contributed by atoms with van der Waals surface area (Å²) < 4.78 is 0. The van der Waals surface area contributed by atoms with Crippen LogP contribution >= 0.6 is 11.6 Å². The van der Waals surface area contributed by atoms with Gasteiger partial charge in [0.25, 0.3) is 0 Å². The molecule has 1 aliphatic heterocycles. The van der Waals surface area contributed by atoms with Crippen molar-refractivity contribution in [3.05, 3.63) is 71.3 Å². The first kappa shape index (κ1) is 19.6. The quantitative estimate of drug-likeness (QED) is 0.819. The average molecular weight is 384 g/mol. The lowest BCUT2D eigenvalue weighted by molar-refractivity contribution is -0.121. The molecule has 0 radical (unpaired) electrons. The van der Waals surface area contributed by atoms with E-state index in [1.807, 2.05) is 37.3 Å². The van der Waals surface area contributed by atoms with Gasteiger partial charge in [0.15, 0.2) is 0 Å². The van der Waals surface area contributed by atoms with Crippen molar-refractivity contribution in [2.45, 2.75) is 13.0 Å². The Morgan fingerprint density at radius 3 is 2.56 bits per heavy atom. The third-order valence-electron chi connectivity index (χ3n) is 4.90. The minimum atomic E-state index is -0.161. The first-order valence-electron chi connectivity index (χ1n) is 9.36. The summed E-state index contributed by atoms with van der Waals surface area (Å²) in [6.07, 6.45) is 4.37. The van der Waals surface area contributed by atoms with Crippen LogP contribution in [-0.4, -0.2) is 54.5 Å². The largest absolute Gasteiger partial charge is 0.325 e. The molecular weight excluding hydrogens is 358 g/mol. The van der Waals surface area contributed by atoms with Gasteiger partial charge in [0.2, 0.25) is 5.91 Å². The fraction of sp³-hybridized carbons (Fsp3) is 0.318. The molecule has 5 heteroatoms. The van der Waals surface area contributed by atoms with Gasteiger partial charge in [-0.2, -0.15) is 0 Å². The maximum Gasteiger partial charge on any atom is 0.241 e. The molecule has 1 amide bonds. The minimum Gasteiger partial charge on any atom is -0.325 e. The number of carbonyl (C=O) groups is 1. The van der Waals surface area contributed by atoms with Gasteiger partial charge in [-0.15, -0.1) is 0 Å². The van der Waals surface area contributed by atoms with Gasteiger partial charge >= 0.3 is 0 Å². The molecule has 1 aliphatic rings. The molecule has 1 atom stereocenters. The van der Waals surface area contributed by atoms with Crippen LogP contribution in [0, 0.1) is 0 Å². The number of carbonyl (C=O) groups excluding carboxylic acids is 1. The first-order chi connectivity index (χ1) is 13.1. The van der Waals surface area contributed by atoms with Gasteiger partial charge in [-0.25, -0.2) is 0 Å². The van der Waals surface area contributed by atoms with E-state index in [-0.39, 0.29) is 11.9 Å². The zero-order chi connectivity index (χ0) is 19.1. The molecular formula is C22H26ClN3O. The van der Waals surface area contributed by atoms with Crippen LogP contribution in [0.2, 0.25) is 5.02 Å². The number of anilines is 1. The van der Waals surface area contributed by atoms with Crippen LogP contribution in [0.25, 0.3) is 6.08 Å². The molecule has 27 heavy (non-hydrogen) atoms. The van der Waals surface area contributed by atoms with Crippen LogP contribution in [0.4, 0.5) is 5.69 Å². The van der Waals surface area contributed by atoms with Gasteiger partial charge in [0.1, 0.15) is 0 Å². The van der Waals surface area contributed by atoms with E-state index >= 15 is 0 Å². The Labute approximate surface area is 166 Å². The van der Waals surface area contributed by atoms with Crippen molar-refractivity contribution in [3.63, 3.8) is 0 Å². The van der Waals surface area contributed by atoms with E-state index in [0.717, 1.165) is 38.4 Å². The molecule has 142 valence electrons. The molecule has 0 spiro atoms. The second-order valence-corrected chi connectivity index (χ2v) is 7.26. The summed E-state index contributed by atoms with van der Waals surface area (Å²) in [5.41, 5.74) is 1.96. The summed E-state index contributed by atoms with van der Waals surface area (Å²) in [5.74, 6) is 0.00897. The number of nitrogens with one attached hydrogen (secondary N) is 1. The Morgan fingerprint density at radius 1 is 1.11 bits per heavy atom. The van der Waals surface area contributed by atoms with E-state index in [4.69, 9.17) is 11.6 Å². The summed E-state index contributed by atoms with van der Waals surface area (Å²) in [6.45, 7) is 6.62. The van der Waals surface area contributed by atoms with Crippen LogP contribution in [0.5, 0.6) is 0 Å². The predicted octanol–water partition coefficient (Wildman–Crippen LogP) is 4.00. The molecule has 1 fully saturated rings. The smallest absolute Gasteiger partial charge is 0.241 e. The number of amides is 1. The third kappa shape index (κ3) is 5.93. The van der Waals surface area contributed by atoms with E-state index in [0.29, 0.717) is 5.02 Å². The first-order valence-corrected chi connectivity index (χ1v) is 9.74. The van der Waals surface area contributed by atoms with Gasteiger partial charge in [-0.05, 0) is 30.7 Å². The Morgan fingerprint density at radius 2 is 1.85 bits per heavy atom. The van der Waals surface area contributed by atoms with Crippen molar-refractivity contribution in [1.82, 2.24) is 9.80 Å². The number of hydrogen-bond acceptors (Lipinski definition) is 3. The second-order valence-electron chi connectivity index (χ2n) is 6.83. The monoisotopic (exact) mass is 383 g/mol. The summed E-state index contributed by atoms with van der Waals surface area (Å²) in [5, 5.41) is 3.58. The average Bonchev–Trinajstić information content (AvgIpc) is 2.69. The third-order valence-corrected chi connectivity index (χ3v) is 5.13. The Kier molecular flexibility index (Phi) is 7.04. The second kappa shape index (κ2) is 9.70. The zero-order valence-corrected chi connectivity index (χ0v) is 16.4. The lowest BCUT2D eigenvalue weighted by Gasteiger charge is -2.37. The zero-order valence-electron chi connectivity index (χ0n) is 15.6. The highest BCUT2D eigenvalue weighted by atomic mass is 35.5. The van der Waals surface area contributed by atoms with Crippen LogP contribution in [0.15, 0.2) is 60.7 Å². The Bertz CT molecular complexity index is 770. The SMILES string of the molecule is C[C@@H](C(=O)Nc1cccc(Cl)c1)N1CCN(C/C=C/c2ccccc2)CC1. The number of halogens is 1. The van der Waals surface area contributed by atoms with E-state index in [1.54, 1.807) is 12.1 Å². The van der Waals surface area contributed by atoms with E-state index < -0.39 is 0 Å². The molecule has 0 aliphatic carbocycles. The van der Waals surface area contributed by atoms with Crippen molar-refractivity contribution < 1.29 is 4.79 Å². The van der Waals surface area contributed by atoms with E-state index in [2.05, 4.69) is 39.4 Å². The standard InChI is InChI=1S/C22H26ClN3O/c1-18(22(27)24-21-11-5-10-20(23)17-21)26-15-13-25(14-16-26)12-6-9-19-7-3-2-4-8-19/h2-11,17-18H,12-16H2,1H3,(H,24,27)/b9-6+/t18-/m0/s1. The maximum absolute atomic E-state index is 12.5.